The summed E-state index contributed by atoms with van der Waals surface area (Å²) in [5, 5.41) is 2.67. The molecule has 158 valence electrons. The molecule has 0 heterocycles. The number of ether oxygens (including phenoxy) is 2. The Hall–Kier alpha value is -2.87. The summed E-state index contributed by atoms with van der Waals surface area (Å²) in [4.78, 5) is 24.8. The molecule has 31 heavy (non-hydrogen) atoms. The lowest BCUT2D eigenvalue weighted by molar-refractivity contribution is -0.143. The van der Waals surface area contributed by atoms with Gasteiger partial charge in [0.05, 0.1) is 7.11 Å². The molecule has 3 aromatic carbocycles. The van der Waals surface area contributed by atoms with Crippen LogP contribution in [-0.2, 0) is 20.7 Å². The minimum atomic E-state index is -0.819. The topological polar surface area (TPSA) is 64.6 Å². The average Bonchev–Trinajstić information content (AvgIpc) is 3.12. The minimum Gasteiger partial charge on any atom is -0.467 e. The molecule has 1 atom stereocenters. The summed E-state index contributed by atoms with van der Waals surface area (Å²) in [6.07, 6.45) is -0.309. The van der Waals surface area contributed by atoms with Crippen LogP contribution in [0.1, 0.15) is 22.6 Å². The number of fused-ring (bicyclic) bond motifs is 3. The van der Waals surface area contributed by atoms with Gasteiger partial charge in [-0.3, -0.25) is 0 Å². The first kappa shape index (κ1) is 21.4. The summed E-state index contributed by atoms with van der Waals surface area (Å²) in [7, 11) is 1.31. The normalized spacial score (nSPS) is 13.1. The van der Waals surface area contributed by atoms with E-state index in [0.717, 1.165) is 20.3 Å². The van der Waals surface area contributed by atoms with Crippen molar-refractivity contribution < 1.29 is 19.1 Å². The standard InChI is InChI=1S/C25H22INO4/c1-30-24(28)23(14-16-10-12-17(26)13-11-16)27-25(29)31-15-22-20-8-4-2-6-18(20)19-7-3-5-9-21(19)22/h2-13,22-23H,14-15H2,1H3,(H,27,29)/t23-/m0/s1. The fraction of sp³-hybridized carbons (Fsp3) is 0.200. The lowest BCUT2D eigenvalue weighted by Gasteiger charge is -2.18. The highest BCUT2D eigenvalue weighted by molar-refractivity contribution is 14.1. The first-order valence-electron chi connectivity index (χ1n) is 10.0. The van der Waals surface area contributed by atoms with E-state index in [1.807, 2.05) is 48.5 Å². The van der Waals surface area contributed by atoms with Gasteiger partial charge in [0, 0.05) is 15.9 Å². The lowest BCUT2D eigenvalue weighted by atomic mass is 9.98. The highest BCUT2D eigenvalue weighted by atomic mass is 127. The van der Waals surface area contributed by atoms with Crippen molar-refractivity contribution in [2.45, 2.75) is 18.4 Å². The molecular formula is C25H22INO4. The molecule has 6 heteroatoms. The van der Waals surface area contributed by atoms with E-state index in [1.165, 1.54) is 18.2 Å². The number of esters is 1. The van der Waals surface area contributed by atoms with Crippen LogP contribution in [0.4, 0.5) is 4.79 Å². The van der Waals surface area contributed by atoms with Crippen molar-refractivity contribution in [2.24, 2.45) is 0 Å². The first-order valence-corrected chi connectivity index (χ1v) is 11.1. The monoisotopic (exact) mass is 527 g/mol. The van der Waals surface area contributed by atoms with E-state index in [1.54, 1.807) is 0 Å². The number of methoxy groups -OCH3 is 1. The Labute approximate surface area is 194 Å². The van der Waals surface area contributed by atoms with Crippen molar-refractivity contribution in [3.05, 3.63) is 93.1 Å². The molecule has 0 spiro atoms. The van der Waals surface area contributed by atoms with Crippen molar-refractivity contribution in [2.75, 3.05) is 13.7 Å². The summed E-state index contributed by atoms with van der Waals surface area (Å²) < 4.78 is 11.5. The van der Waals surface area contributed by atoms with Crippen molar-refractivity contribution in [3.8, 4) is 11.1 Å². The van der Waals surface area contributed by atoms with Gasteiger partial charge >= 0.3 is 12.1 Å². The number of alkyl carbamates (subject to hydrolysis) is 1. The van der Waals surface area contributed by atoms with Gasteiger partial charge in [0.15, 0.2) is 0 Å². The SMILES string of the molecule is COC(=O)[C@H](Cc1ccc(I)cc1)NC(=O)OCC1c2ccccc2-c2ccccc21. The van der Waals surface area contributed by atoms with Crippen molar-refractivity contribution in [1.29, 1.82) is 0 Å². The van der Waals surface area contributed by atoms with Crippen LogP contribution in [0.25, 0.3) is 11.1 Å². The van der Waals surface area contributed by atoms with E-state index >= 15 is 0 Å². The molecule has 0 aliphatic heterocycles. The maximum Gasteiger partial charge on any atom is 0.407 e. The Balaban J connectivity index is 1.44. The van der Waals surface area contributed by atoms with Gasteiger partial charge in [-0.2, -0.15) is 0 Å². The smallest absolute Gasteiger partial charge is 0.407 e. The molecule has 1 aliphatic rings. The Morgan fingerprint density at radius 2 is 1.52 bits per heavy atom. The van der Waals surface area contributed by atoms with Gasteiger partial charge in [0.1, 0.15) is 12.6 Å². The van der Waals surface area contributed by atoms with Crippen LogP contribution in [-0.4, -0.2) is 31.8 Å². The molecule has 1 amide bonds. The number of hydrogen-bond acceptors (Lipinski definition) is 4. The van der Waals surface area contributed by atoms with Crippen LogP contribution >= 0.6 is 22.6 Å². The molecule has 1 N–H and O–H groups in total. The highest BCUT2D eigenvalue weighted by Crippen LogP contribution is 2.44. The number of benzene rings is 3. The summed E-state index contributed by atoms with van der Waals surface area (Å²) in [5.74, 6) is -0.544. The number of amides is 1. The largest absolute Gasteiger partial charge is 0.467 e. The van der Waals surface area contributed by atoms with E-state index in [2.05, 4.69) is 52.2 Å². The maximum absolute atomic E-state index is 12.6. The Bertz CT molecular complexity index is 1050. The molecule has 0 aromatic heterocycles. The van der Waals surface area contributed by atoms with Gasteiger partial charge < -0.3 is 14.8 Å². The third kappa shape index (κ3) is 4.74. The Morgan fingerprint density at radius 3 is 2.10 bits per heavy atom. The highest BCUT2D eigenvalue weighted by Gasteiger charge is 2.30. The third-order valence-corrected chi connectivity index (χ3v) is 6.19. The fourth-order valence-corrected chi connectivity index (χ4v) is 4.33. The van der Waals surface area contributed by atoms with E-state index < -0.39 is 18.1 Å². The molecule has 0 unspecified atom stereocenters. The minimum absolute atomic E-state index is 0.0362. The molecule has 0 saturated heterocycles. The molecule has 0 saturated carbocycles. The van der Waals surface area contributed by atoms with Crippen molar-refractivity contribution in [1.82, 2.24) is 5.32 Å². The quantitative estimate of drug-likeness (QED) is 0.366. The number of nitrogens with one attached hydrogen (secondary N) is 1. The summed E-state index contributed by atoms with van der Waals surface area (Å²) in [6.45, 7) is 0.192. The second-order valence-corrected chi connectivity index (χ2v) is 8.62. The zero-order valence-electron chi connectivity index (χ0n) is 17.0. The van der Waals surface area contributed by atoms with Gasteiger partial charge in [-0.05, 0) is 62.5 Å². The molecule has 1 aliphatic carbocycles. The Morgan fingerprint density at radius 1 is 0.935 bits per heavy atom. The summed E-state index contributed by atoms with van der Waals surface area (Å²) in [6, 6.07) is 23.3. The molecule has 4 rings (SSSR count). The summed E-state index contributed by atoms with van der Waals surface area (Å²) in [5.41, 5.74) is 5.53. The number of rotatable bonds is 6. The molecule has 0 radical (unpaired) electrons. The lowest BCUT2D eigenvalue weighted by Crippen LogP contribution is -2.43. The van der Waals surface area contributed by atoms with Crippen LogP contribution < -0.4 is 5.32 Å². The third-order valence-electron chi connectivity index (χ3n) is 5.47. The van der Waals surface area contributed by atoms with Crippen LogP contribution in [0.2, 0.25) is 0 Å². The second-order valence-electron chi connectivity index (χ2n) is 7.38. The van der Waals surface area contributed by atoms with Crippen LogP contribution in [0.5, 0.6) is 0 Å². The van der Waals surface area contributed by atoms with Crippen LogP contribution in [0.15, 0.2) is 72.8 Å². The maximum atomic E-state index is 12.6. The van der Waals surface area contributed by atoms with E-state index in [-0.39, 0.29) is 12.5 Å². The van der Waals surface area contributed by atoms with E-state index in [9.17, 15) is 9.59 Å². The fourth-order valence-electron chi connectivity index (χ4n) is 3.97. The molecule has 3 aromatic rings. The van der Waals surface area contributed by atoms with E-state index in [0.29, 0.717) is 6.42 Å². The van der Waals surface area contributed by atoms with Crippen LogP contribution in [0, 0.1) is 3.57 Å². The van der Waals surface area contributed by atoms with Gasteiger partial charge in [-0.25, -0.2) is 9.59 Å². The van der Waals surface area contributed by atoms with Crippen LogP contribution in [0.3, 0.4) is 0 Å². The van der Waals surface area contributed by atoms with Crippen molar-refractivity contribution >= 4 is 34.7 Å². The zero-order valence-corrected chi connectivity index (χ0v) is 19.2. The van der Waals surface area contributed by atoms with Gasteiger partial charge in [0.2, 0.25) is 0 Å². The molecule has 0 fully saturated rings. The Kier molecular flexibility index (Phi) is 6.56. The summed E-state index contributed by atoms with van der Waals surface area (Å²) >= 11 is 2.22. The number of carbonyl (C=O) groups is 2. The molecule has 5 nitrogen and oxygen atoms in total. The van der Waals surface area contributed by atoms with Gasteiger partial charge in [-0.15, -0.1) is 0 Å². The predicted octanol–water partition coefficient (Wildman–Crippen LogP) is 4.91. The zero-order chi connectivity index (χ0) is 21.8. The number of carbonyl (C=O) groups excluding carboxylic acids is 2. The number of halogens is 1. The average molecular weight is 527 g/mol. The first-order chi connectivity index (χ1) is 15.1. The molecule has 0 bridgehead atoms. The van der Waals surface area contributed by atoms with Gasteiger partial charge in [0.25, 0.3) is 0 Å². The second kappa shape index (κ2) is 9.51. The molecular weight excluding hydrogens is 505 g/mol. The predicted molar refractivity (Wildman–Crippen MR) is 127 cm³/mol. The van der Waals surface area contributed by atoms with Crippen molar-refractivity contribution in [3.63, 3.8) is 0 Å². The number of hydrogen-bond donors (Lipinski definition) is 1. The van der Waals surface area contributed by atoms with Gasteiger partial charge in [-0.1, -0.05) is 60.7 Å². The van der Waals surface area contributed by atoms with E-state index in [4.69, 9.17) is 9.47 Å².